The second-order valence-corrected chi connectivity index (χ2v) is 14.1. The van der Waals surface area contributed by atoms with Crippen molar-refractivity contribution in [2.75, 3.05) is 4.90 Å². The highest BCUT2D eigenvalue weighted by molar-refractivity contribution is 6.17. The molecule has 8 aromatic carbocycles. The third-order valence-corrected chi connectivity index (χ3v) is 10.9. The fourth-order valence-electron chi connectivity index (χ4n) is 8.37. The summed E-state index contributed by atoms with van der Waals surface area (Å²) >= 11 is 0. The minimum atomic E-state index is -0.113. The van der Waals surface area contributed by atoms with Crippen molar-refractivity contribution < 1.29 is 4.42 Å². The number of para-hydroxylation sites is 1. The van der Waals surface area contributed by atoms with Crippen LogP contribution in [0.5, 0.6) is 0 Å². The van der Waals surface area contributed by atoms with E-state index in [4.69, 9.17) is 4.42 Å². The highest BCUT2D eigenvalue weighted by atomic mass is 16.3. The van der Waals surface area contributed by atoms with E-state index in [2.05, 4.69) is 189 Å². The van der Waals surface area contributed by atoms with E-state index < -0.39 is 0 Å². The minimum Gasteiger partial charge on any atom is -0.455 e. The van der Waals surface area contributed by atoms with Crippen LogP contribution in [0.25, 0.3) is 66.1 Å². The molecule has 0 saturated carbocycles. The highest BCUT2D eigenvalue weighted by Gasteiger charge is 2.35. The van der Waals surface area contributed by atoms with Gasteiger partial charge in [0.25, 0.3) is 0 Å². The molecule has 1 aliphatic carbocycles. The zero-order chi connectivity index (χ0) is 34.1. The highest BCUT2D eigenvalue weighted by Crippen LogP contribution is 2.51. The van der Waals surface area contributed by atoms with Crippen LogP contribution in [0, 0.1) is 0 Å². The first kappa shape index (κ1) is 29.5. The Balaban J connectivity index is 1.17. The maximum atomic E-state index is 6.53. The number of fused-ring (bicyclic) bond motifs is 8. The predicted molar refractivity (Wildman–Crippen MR) is 214 cm³/mol. The van der Waals surface area contributed by atoms with E-state index in [0.29, 0.717) is 0 Å². The van der Waals surface area contributed by atoms with Crippen LogP contribution in [0.2, 0.25) is 0 Å². The summed E-state index contributed by atoms with van der Waals surface area (Å²) in [5.41, 5.74) is 15.3. The standard InChI is InChI=1S/C49H35NO/c1-49(2)44-20-10-8-17-38(44)39-28-27-35(31-45(39)49)50(34-25-23-33(24-26-34)37-16-7-6-15-36(37)32-13-4-3-5-14-32)46-21-12-19-42-40(46)29-30-43-41-18-9-11-22-47(41)51-48(42)43/h3-31H,1-2H3. The lowest BCUT2D eigenvalue weighted by Gasteiger charge is -2.29. The lowest BCUT2D eigenvalue weighted by Crippen LogP contribution is -2.16. The summed E-state index contributed by atoms with van der Waals surface area (Å²) in [6.45, 7) is 4.70. The van der Waals surface area contributed by atoms with Gasteiger partial charge in [0.05, 0.1) is 5.69 Å². The van der Waals surface area contributed by atoms with Gasteiger partial charge in [-0.25, -0.2) is 0 Å². The first-order valence-electron chi connectivity index (χ1n) is 17.7. The van der Waals surface area contributed by atoms with E-state index in [-0.39, 0.29) is 5.41 Å². The molecular weight excluding hydrogens is 619 g/mol. The first-order valence-corrected chi connectivity index (χ1v) is 17.7. The third-order valence-electron chi connectivity index (χ3n) is 10.9. The smallest absolute Gasteiger partial charge is 0.143 e. The second kappa shape index (κ2) is 11.3. The van der Waals surface area contributed by atoms with E-state index >= 15 is 0 Å². The molecule has 0 fully saturated rings. The van der Waals surface area contributed by atoms with Gasteiger partial charge in [0.1, 0.15) is 11.2 Å². The van der Waals surface area contributed by atoms with Gasteiger partial charge in [-0.05, 0) is 87.0 Å². The number of hydrogen-bond donors (Lipinski definition) is 0. The summed E-state index contributed by atoms with van der Waals surface area (Å²) in [4.78, 5) is 2.42. The van der Waals surface area contributed by atoms with Gasteiger partial charge in [0, 0.05) is 38.3 Å². The summed E-state index contributed by atoms with van der Waals surface area (Å²) < 4.78 is 6.53. The molecule has 0 saturated heterocycles. The van der Waals surface area contributed by atoms with Crippen molar-refractivity contribution in [3.63, 3.8) is 0 Å². The Kier molecular flexibility index (Phi) is 6.56. The molecule has 0 unspecified atom stereocenters. The van der Waals surface area contributed by atoms with Gasteiger partial charge < -0.3 is 9.32 Å². The molecule has 2 nitrogen and oxygen atoms in total. The monoisotopic (exact) mass is 653 g/mol. The molecule has 242 valence electrons. The quantitative estimate of drug-likeness (QED) is 0.184. The molecule has 0 aliphatic heterocycles. The molecule has 2 heteroatoms. The van der Waals surface area contributed by atoms with Gasteiger partial charge in [0.2, 0.25) is 0 Å². The van der Waals surface area contributed by atoms with Gasteiger partial charge in [-0.3, -0.25) is 0 Å². The minimum absolute atomic E-state index is 0.113. The number of rotatable bonds is 5. The van der Waals surface area contributed by atoms with Gasteiger partial charge in [-0.15, -0.1) is 0 Å². The maximum absolute atomic E-state index is 6.53. The summed E-state index contributed by atoms with van der Waals surface area (Å²) in [6.07, 6.45) is 0. The number of hydrogen-bond acceptors (Lipinski definition) is 2. The second-order valence-electron chi connectivity index (χ2n) is 14.1. The van der Waals surface area contributed by atoms with Crippen LogP contribution >= 0.6 is 0 Å². The molecule has 0 radical (unpaired) electrons. The Morgan fingerprint density at radius 1 is 0.412 bits per heavy atom. The largest absolute Gasteiger partial charge is 0.455 e. The molecule has 0 N–H and O–H groups in total. The SMILES string of the molecule is CC1(C)c2ccccc2-c2ccc(N(c3ccc(-c4ccccc4-c4ccccc4)cc3)c3cccc4c3ccc3c5ccccc5oc43)cc21. The van der Waals surface area contributed by atoms with Crippen molar-refractivity contribution >= 4 is 49.8 Å². The Morgan fingerprint density at radius 3 is 1.80 bits per heavy atom. The molecule has 9 aromatic rings. The molecule has 0 spiro atoms. The van der Waals surface area contributed by atoms with Crippen LogP contribution in [0.15, 0.2) is 180 Å². The topological polar surface area (TPSA) is 16.4 Å². The van der Waals surface area contributed by atoms with E-state index in [1.54, 1.807) is 0 Å². The number of furan rings is 1. The molecular formula is C49H35NO. The van der Waals surface area contributed by atoms with Crippen LogP contribution in [0.4, 0.5) is 17.1 Å². The lowest BCUT2D eigenvalue weighted by atomic mass is 9.82. The average molecular weight is 654 g/mol. The Hall–Kier alpha value is -6.38. The lowest BCUT2D eigenvalue weighted by molar-refractivity contribution is 0.660. The Bertz CT molecular complexity index is 2770. The summed E-state index contributed by atoms with van der Waals surface area (Å²) in [5, 5.41) is 4.53. The molecule has 0 amide bonds. The molecule has 10 rings (SSSR count). The van der Waals surface area contributed by atoms with E-state index in [0.717, 1.165) is 49.8 Å². The van der Waals surface area contributed by atoms with Crippen molar-refractivity contribution in [1.82, 2.24) is 0 Å². The van der Waals surface area contributed by atoms with Crippen molar-refractivity contribution in [3.8, 4) is 33.4 Å². The zero-order valence-corrected chi connectivity index (χ0v) is 28.6. The van der Waals surface area contributed by atoms with Crippen LogP contribution < -0.4 is 4.90 Å². The van der Waals surface area contributed by atoms with E-state index in [1.807, 2.05) is 6.07 Å². The van der Waals surface area contributed by atoms with Crippen LogP contribution in [0.1, 0.15) is 25.0 Å². The number of benzene rings is 8. The van der Waals surface area contributed by atoms with Crippen molar-refractivity contribution in [2.24, 2.45) is 0 Å². The molecule has 1 heterocycles. The Labute approximate surface area is 297 Å². The number of nitrogens with zero attached hydrogens (tertiary/aromatic N) is 1. The van der Waals surface area contributed by atoms with Crippen molar-refractivity contribution in [3.05, 3.63) is 187 Å². The molecule has 0 atom stereocenters. The summed E-state index contributed by atoms with van der Waals surface area (Å²) in [7, 11) is 0. The normalized spacial score (nSPS) is 13.1. The average Bonchev–Trinajstić information content (AvgIpc) is 3.68. The van der Waals surface area contributed by atoms with Crippen LogP contribution in [-0.4, -0.2) is 0 Å². The van der Waals surface area contributed by atoms with Gasteiger partial charge in [-0.1, -0.05) is 147 Å². The summed E-state index contributed by atoms with van der Waals surface area (Å²) in [5.74, 6) is 0. The fraction of sp³-hybridized carbons (Fsp3) is 0.0612. The van der Waals surface area contributed by atoms with Crippen molar-refractivity contribution in [1.29, 1.82) is 0 Å². The van der Waals surface area contributed by atoms with E-state index in [9.17, 15) is 0 Å². The number of anilines is 3. The first-order chi connectivity index (χ1) is 25.1. The van der Waals surface area contributed by atoms with Crippen LogP contribution in [0.3, 0.4) is 0 Å². The Morgan fingerprint density at radius 2 is 1.00 bits per heavy atom. The van der Waals surface area contributed by atoms with Gasteiger partial charge >= 0.3 is 0 Å². The molecule has 51 heavy (non-hydrogen) atoms. The maximum Gasteiger partial charge on any atom is 0.143 e. The summed E-state index contributed by atoms with van der Waals surface area (Å²) in [6, 6.07) is 63.6. The predicted octanol–water partition coefficient (Wildman–Crippen LogP) is 13.8. The molecule has 1 aliphatic rings. The van der Waals surface area contributed by atoms with Crippen molar-refractivity contribution in [2.45, 2.75) is 19.3 Å². The van der Waals surface area contributed by atoms with Gasteiger partial charge in [0.15, 0.2) is 0 Å². The van der Waals surface area contributed by atoms with Gasteiger partial charge in [-0.2, -0.15) is 0 Å². The fourth-order valence-corrected chi connectivity index (χ4v) is 8.37. The molecule has 0 bridgehead atoms. The third kappa shape index (κ3) is 4.57. The molecule has 1 aromatic heterocycles. The van der Waals surface area contributed by atoms with Crippen LogP contribution in [-0.2, 0) is 5.41 Å². The van der Waals surface area contributed by atoms with E-state index in [1.165, 1.54) is 44.5 Å². The zero-order valence-electron chi connectivity index (χ0n) is 28.6.